The molecule has 1 aliphatic carbocycles. The van der Waals surface area contributed by atoms with E-state index in [4.69, 9.17) is 0 Å². The molecule has 2 aliphatic rings. The van der Waals surface area contributed by atoms with Gasteiger partial charge in [-0.05, 0) is 61.9 Å². The Balaban J connectivity index is 1.20. The van der Waals surface area contributed by atoms with Gasteiger partial charge in [-0.1, -0.05) is 62.2 Å². The molecule has 1 saturated carbocycles. The minimum absolute atomic E-state index is 0.0124. The Kier molecular flexibility index (Phi) is 12.0. The lowest BCUT2D eigenvalue weighted by Gasteiger charge is -2.36. The Labute approximate surface area is 283 Å². The molecule has 3 N–H and O–H groups in total. The fourth-order valence-corrected chi connectivity index (χ4v) is 6.67. The molecule has 48 heavy (non-hydrogen) atoms. The third-order valence-corrected chi connectivity index (χ3v) is 9.38. The number of rotatable bonds is 13. The second-order valence-electron chi connectivity index (χ2n) is 13.2. The SMILES string of the molecule is CCC(=O)NC(Cc1ccc(NC(=O)[C@@H](NC(=O)c2ccnn2C(C)C)C2CCCC2)cc1)C(=O)N1CCN(Cc2ccccc2)CC1. The van der Waals surface area contributed by atoms with Gasteiger partial charge in [-0.3, -0.25) is 28.8 Å². The summed E-state index contributed by atoms with van der Waals surface area (Å²) in [5, 5.41) is 13.2. The van der Waals surface area contributed by atoms with Crippen LogP contribution < -0.4 is 16.0 Å². The monoisotopic (exact) mass is 655 g/mol. The maximum Gasteiger partial charge on any atom is 0.270 e. The Morgan fingerprint density at radius 1 is 0.854 bits per heavy atom. The van der Waals surface area contributed by atoms with Crippen LogP contribution in [0.3, 0.4) is 0 Å². The minimum Gasteiger partial charge on any atom is -0.344 e. The van der Waals surface area contributed by atoms with Crippen molar-refractivity contribution in [1.29, 1.82) is 0 Å². The fraction of sp³-hybridized carbons (Fsp3) is 0.486. The number of carbonyl (C=O) groups is 4. The van der Waals surface area contributed by atoms with Crippen LogP contribution in [0.15, 0.2) is 66.9 Å². The van der Waals surface area contributed by atoms with Crippen LogP contribution in [0.5, 0.6) is 0 Å². The number of hydrogen-bond acceptors (Lipinski definition) is 6. The molecule has 4 amide bonds. The van der Waals surface area contributed by atoms with E-state index in [2.05, 4.69) is 38.1 Å². The molecule has 2 aromatic carbocycles. The highest BCUT2D eigenvalue weighted by Crippen LogP contribution is 2.29. The van der Waals surface area contributed by atoms with Crippen molar-refractivity contribution < 1.29 is 19.2 Å². The van der Waals surface area contributed by atoms with Crippen molar-refractivity contribution in [3.05, 3.63) is 83.7 Å². The summed E-state index contributed by atoms with van der Waals surface area (Å²) in [4.78, 5) is 57.1. The van der Waals surface area contributed by atoms with Crippen molar-refractivity contribution in [1.82, 2.24) is 30.2 Å². The Morgan fingerprint density at radius 2 is 1.54 bits per heavy atom. The first kappa shape index (κ1) is 34.8. The fourth-order valence-electron chi connectivity index (χ4n) is 6.67. The molecule has 2 heterocycles. The molecule has 3 aromatic rings. The zero-order valence-electron chi connectivity index (χ0n) is 28.4. The molecule has 2 fully saturated rings. The van der Waals surface area contributed by atoms with Gasteiger partial charge in [-0.25, -0.2) is 0 Å². The van der Waals surface area contributed by atoms with Gasteiger partial charge in [0.25, 0.3) is 5.91 Å². The van der Waals surface area contributed by atoms with Crippen LogP contribution in [0, 0.1) is 5.92 Å². The lowest BCUT2D eigenvalue weighted by molar-refractivity contribution is -0.138. The highest BCUT2D eigenvalue weighted by molar-refractivity contribution is 6.00. The summed E-state index contributed by atoms with van der Waals surface area (Å²) in [7, 11) is 0. The van der Waals surface area contributed by atoms with Crippen LogP contribution in [0.4, 0.5) is 5.69 Å². The second kappa shape index (κ2) is 16.5. The molecule has 256 valence electrons. The van der Waals surface area contributed by atoms with Gasteiger partial charge >= 0.3 is 0 Å². The number of anilines is 1. The zero-order valence-corrected chi connectivity index (χ0v) is 28.4. The highest BCUT2D eigenvalue weighted by Gasteiger charge is 2.33. The summed E-state index contributed by atoms with van der Waals surface area (Å²) in [6.07, 6.45) is 6.04. The first-order valence-electron chi connectivity index (χ1n) is 17.3. The van der Waals surface area contributed by atoms with E-state index in [-0.39, 0.29) is 42.0 Å². The van der Waals surface area contributed by atoms with Gasteiger partial charge in [-0.2, -0.15) is 5.10 Å². The Bertz CT molecular complexity index is 1520. The largest absolute Gasteiger partial charge is 0.344 e. The second-order valence-corrected chi connectivity index (χ2v) is 13.2. The normalized spacial score (nSPS) is 16.8. The van der Waals surface area contributed by atoms with Crippen molar-refractivity contribution in [2.75, 3.05) is 31.5 Å². The number of carbonyl (C=O) groups excluding carboxylic acids is 4. The van der Waals surface area contributed by atoms with E-state index < -0.39 is 12.1 Å². The van der Waals surface area contributed by atoms with Crippen LogP contribution in [-0.4, -0.2) is 81.5 Å². The number of nitrogens with zero attached hydrogens (tertiary/aromatic N) is 4. The molecule has 1 saturated heterocycles. The topological polar surface area (TPSA) is 129 Å². The van der Waals surface area contributed by atoms with E-state index in [0.29, 0.717) is 30.9 Å². The first-order chi connectivity index (χ1) is 23.2. The maximum absolute atomic E-state index is 13.7. The lowest BCUT2D eigenvalue weighted by atomic mass is 9.96. The van der Waals surface area contributed by atoms with Gasteiger partial charge in [0.2, 0.25) is 17.7 Å². The molecule has 0 bridgehead atoms. The van der Waals surface area contributed by atoms with E-state index in [1.54, 1.807) is 36.0 Å². The maximum atomic E-state index is 13.7. The molecule has 1 unspecified atom stereocenters. The number of benzene rings is 2. The Morgan fingerprint density at radius 3 is 2.19 bits per heavy atom. The number of amides is 4. The van der Waals surface area contributed by atoms with Crippen LogP contribution in [0.2, 0.25) is 0 Å². The third kappa shape index (κ3) is 9.09. The van der Waals surface area contributed by atoms with Gasteiger partial charge in [-0.15, -0.1) is 0 Å². The summed E-state index contributed by atoms with van der Waals surface area (Å²) < 4.78 is 1.66. The molecular formula is C37H49N7O4. The first-order valence-corrected chi connectivity index (χ1v) is 17.3. The van der Waals surface area contributed by atoms with Gasteiger partial charge in [0.1, 0.15) is 17.8 Å². The molecule has 2 atom stereocenters. The van der Waals surface area contributed by atoms with Crippen LogP contribution in [0.25, 0.3) is 0 Å². The van der Waals surface area contributed by atoms with E-state index in [1.807, 2.05) is 49.1 Å². The molecule has 0 radical (unpaired) electrons. The summed E-state index contributed by atoms with van der Waals surface area (Å²) in [6, 6.07) is 18.0. The predicted molar refractivity (Wildman–Crippen MR) is 185 cm³/mol. The molecule has 11 nitrogen and oxygen atoms in total. The molecular weight excluding hydrogens is 606 g/mol. The lowest BCUT2D eigenvalue weighted by Crippen LogP contribution is -2.55. The van der Waals surface area contributed by atoms with Crippen LogP contribution >= 0.6 is 0 Å². The summed E-state index contributed by atoms with van der Waals surface area (Å²) in [6.45, 7) is 9.29. The van der Waals surface area contributed by atoms with Crippen molar-refractivity contribution in [3.63, 3.8) is 0 Å². The molecule has 11 heteroatoms. The van der Waals surface area contributed by atoms with Crippen molar-refractivity contribution in [2.24, 2.45) is 5.92 Å². The summed E-state index contributed by atoms with van der Waals surface area (Å²) >= 11 is 0. The van der Waals surface area contributed by atoms with E-state index in [9.17, 15) is 19.2 Å². The number of aromatic nitrogens is 2. The average molecular weight is 656 g/mol. The van der Waals surface area contributed by atoms with Crippen molar-refractivity contribution >= 4 is 29.3 Å². The highest BCUT2D eigenvalue weighted by atomic mass is 16.2. The molecule has 1 aromatic heterocycles. The number of piperazine rings is 1. The predicted octanol–water partition coefficient (Wildman–Crippen LogP) is 4.17. The molecule has 5 rings (SSSR count). The number of nitrogens with one attached hydrogen (secondary N) is 3. The minimum atomic E-state index is -0.681. The van der Waals surface area contributed by atoms with Crippen LogP contribution in [0.1, 0.15) is 80.5 Å². The van der Waals surface area contributed by atoms with E-state index in [0.717, 1.165) is 50.9 Å². The smallest absolute Gasteiger partial charge is 0.270 e. The van der Waals surface area contributed by atoms with E-state index >= 15 is 0 Å². The van der Waals surface area contributed by atoms with Gasteiger partial charge in [0.05, 0.1) is 0 Å². The molecule has 0 spiro atoms. The average Bonchev–Trinajstić information content (AvgIpc) is 3.82. The quantitative estimate of drug-likeness (QED) is 0.254. The summed E-state index contributed by atoms with van der Waals surface area (Å²) in [5.74, 6) is -0.768. The van der Waals surface area contributed by atoms with E-state index in [1.165, 1.54) is 5.56 Å². The van der Waals surface area contributed by atoms with Gasteiger partial charge in [0, 0.05) is 63.5 Å². The van der Waals surface area contributed by atoms with Crippen LogP contribution in [-0.2, 0) is 27.3 Å². The summed E-state index contributed by atoms with van der Waals surface area (Å²) in [5.41, 5.74) is 3.15. The third-order valence-electron chi connectivity index (χ3n) is 9.38. The standard InChI is InChI=1S/C37H49N7O4/c1-4-33(45)40-31(37(48)43-22-20-42(21-23-43)25-28-10-6-5-7-11-28)24-27-14-16-30(17-15-27)39-36(47)34(29-12-8-9-13-29)41-35(46)32-18-19-38-44(32)26(2)3/h5-7,10-11,14-19,26,29,31,34H,4,8-9,12-13,20-25H2,1-3H3,(H,39,47)(H,40,45)(H,41,46)/t31?,34-/m0/s1. The van der Waals surface area contributed by atoms with Crippen molar-refractivity contribution in [2.45, 2.75) is 84.0 Å². The van der Waals surface area contributed by atoms with Gasteiger partial charge in [0.15, 0.2) is 0 Å². The molecule has 1 aliphatic heterocycles. The van der Waals surface area contributed by atoms with Gasteiger partial charge < -0.3 is 20.9 Å². The number of hydrogen-bond donors (Lipinski definition) is 3. The van der Waals surface area contributed by atoms with Crippen molar-refractivity contribution in [3.8, 4) is 0 Å². The Hall–Kier alpha value is -4.51. The zero-order chi connectivity index (χ0) is 34.0.